The fourth-order valence-electron chi connectivity index (χ4n) is 1.55. The third-order valence-electron chi connectivity index (χ3n) is 2.60. The number of nitrogen functional groups attached to an aromatic ring is 1. The average molecular weight is 312 g/mol. The molecule has 0 aliphatic rings. The van der Waals surface area contributed by atoms with Gasteiger partial charge in [0.25, 0.3) is 0 Å². The standard InChI is InChI=1S/C11H14BrN5O/c1-7(18-2)6-17-11(14-15-16-17)9-5-8(13)3-4-10(9)12/h3-5,7H,6,13H2,1-2H3. The van der Waals surface area contributed by atoms with Gasteiger partial charge in [-0.25, -0.2) is 4.68 Å². The Morgan fingerprint density at radius 3 is 3.00 bits per heavy atom. The third-order valence-corrected chi connectivity index (χ3v) is 3.29. The van der Waals surface area contributed by atoms with Crippen molar-refractivity contribution in [3.05, 3.63) is 22.7 Å². The largest absolute Gasteiger partial charge is 0.399 e. The number of aromatic nitrogens is 4. The summed E-state index contributed by atoms with van der Waals surface area (Å²) in [4.78, 5) is 0. The maximum absolute atomic E-state index is 5.79. The molecule has 2 N–H and O–H groups in total. The molecule has 1 aromatic heterocycles. The van der Waals surface area contributed by atoms with Gasteiger partial charge in [0, 0.05) is 22.8 Å². The quantitative estimate of drug-likeness (QED) is 0.870. The van der Waals surface area contributed by atoms with Gasteiger partial charge in [-0.15, -0.1) is 5.10 Å². The van der Waals surface area contributed by atoms with Crippen molar-refractivity contribution in [3.8, 4) is 11.4 Å². The number of nitrogens with two attached hydrogens (primary N) is 1. The normalized spacial score (nSPS) is 12.6. The zero-order valence-electron chi connectivity index (χ0n) is 10.2. The lowest BCUT2D eigenvalue weighted by Gasteiger charge is -2.11. The highest BCUT2D eigenvalue weighted by atomic mass is 79.9. The number of methoxy groups -OCH3 is 1. The molecule has 0 spiro atoms. The number of nitrogens with zero attached hydrogens (tertiary/aromatic N) is 4. The molecule has 0 aliphatic heterocycles. The summed E-state index contributed by atoms with van der Waals surface area (Å²) in [5.41, 5.74) is 7.32. The van der Waals surface area contributed by atoms with Crippen LogP contribution in [0.1, 0.15) is 6.92 Å². The predicted octanol–water partition coefficient (Wildman–Crippen LogP) is 1.72. The van der Waals surface area contributed by atoms with E-state index in [0.717, 1.165) is 10.0 Å². The molecular weight excluding hydrogens is 298 g/mol. The van der Waals surface area contributed by atoms with Crippen molar-refractivity contribution in [3.63, 3.8) is 0 Å². The number of hydrogen-bond acceptors (Lipinski definition) is 5. The van der Waals surface area contributed by atoms with E-state index in [4.69, 9.17) is 10.5 Å². The summed E-state index contributed by atoms with van der Waals surface area (Å²) in [7, 11) is 1.66. The number of anilines is 1. The first-order valence-corrected chi connectivity index (χ1v) is 6.25. The van der Waals surface area contributed by atoms with Crippen LogP contribution in [0.5, 0.6) is 0 Å². The lowest BCUT2D eigenvalue weighted by atomic mass is 10.2. The van der Waals surface area contributed by atoms with Crippen molar-refractivity contribution in [2.45, 2.75) is 19.6 Å². The maximum Gasteiger partial charge on any atom is 0.183 e. The van der Waals surface area contributed by atoms with Crippen LogP contribution < -0.4 is 5.73 Å². The predicted molar refractivity (Wildman–Crippen MR) is 71.8 cm³/mol. The SMILES string of the molecule is COC(C)Cn1nnnc1-c1cc(N)ccc1Br. The van der Waals surface area contributed by atoms with E-state index in [1.807, 2.05) is 25.1 Å². The molecule has 96 valence electrons. The fourth-order valence-corrected chi connectivity index (χ4v) is 1.98. The van der Waals surface area contributed by atoms with Crippen LogP contribution in [0.3, 0.4) is 0 Å². The van der Waals surface area contributed by atoms with Crippen molar-refractivity contribution < 1.29 is 4.74 Å². The summed E-state index contributed by atoms with van der Waals surface area (Å²) < 4.78 is 7.82. The van der Waals surface area contributed by atoms with Gasteiger partial charge in [-0.05, 0) is 35.5 Å². The molecule has 1 unspecified atom stereocenters. The number of halogens is 1. The average Bonchev–Trinajstić information content (AvgIpc) is 2.80. The molecule has 0 saturated heterocycles. The Hall–Kier alpha value is -1.47. The highest BCUT2D eigenvalue weighted by Gasteiger charge is 2.14. The van der Waals surface area contributed by atoms with E-state index >= 15 is 0 Å². The minimum atomic E-state index is 0.0343. The Bertz CT molecular complexity index is 542. The van der Waals surface area contributed by atoms with Gasteiger partial charge in [0.05, 0.1) is 12.6 Å². The molecule has 6 nitrogen and oxygen atoms in total. The second kappa shape index (κ2) is 5.45. The van der Waals surface area contributed by atoms with Gasteiger partial charge in [0.1, 0.15) is 0 Å². The lowest BCUT2D eigenvalue weighted by molar-refractivity contribution is 0.0997. The number of rotatable bonds is 4. The van der Waals surface area contributed by atoms with E-state index in [9.17, 15) is 0 Å². The maximum atomic E-state index is 5.79. The van der Waals surface area contributed by atoms with Crippen LogP contribution >= 0.6 is 15.9 Å². The number of ether oxygens (including phenoxy) is 1. The van der Waals surface area contributed by atoms with Crippen molar-refractivity contribution in [2.75, 3.05) is 12.8 Å². The number of tetrazole rings is 1. The summed E-state index contributed by atoms with van der Waals surface area (Å²) in [6, 6.07) is 5.53. The first-order chi connectivity index (χ1) is 8.61. The smallest absolute Gasteiger partial charge is 0.183 e. The third kappa shape index (κ3) is 2.68. The number of benzene rings is 1. The molecule has 0 bridgehead atoms. The van der Waals surface area contributed by atoms with Crippen LogP contribution in [0.15, 0.2) is 22.7 Å². The molecule has 0 fully saturated rings. The number of hydrogen-bond donors (Lipinski definition) is 1. The van der Waals surface area contributed by atoms with Crippen LogP contribution in [0, 0.1) is 0 Å². The molecule has 18 heavy (non-hydrogen) atoms. The Kier molecular flexibility index (Phi) is 3.93. The van der Waals surface area contributed by atoms with E-state index in [1.165, 1.54) is 0 Å². The fraction of sp³-hybridized carbons (Fsp3) is 0.364. The molecule has 1 atom stereocenters. The summed E-state index contributed by atoms with van der Waals surface area (Å²) >= 11 is 3.47. The summed E-state index contributed by atoms with van der Waals surface area (Å²) in [6.45, 7) is 2.54. The molecule has 0 radical (unpaired) electrons. The second-order valence-corrected chi connectivity index (χ2v) is 4.82. The Labute approximate surface area is 113 Å². The van der Waals surface area contributed by atoms with Crippen LogP contribution in [0.4, 0.5) is 5.69 Å². The summed E-state index contributed by atoms with van der Waals surface area (Å²) in [5.74, 6) is 0.665. The van der Waals surface area contributed by atoms with Gasteiger partial charge in [-0.2, -0.15) is 0 Å². The van der Waals surface area contributed by atoms with Gasteiger partial charge < -0.3 is 10.5 Å². The zero-order chi connectivity index (χ0) is 13.1. The van der Waals surface area contributed by atoms with Gasteiger partial charge in [0.2, 0.25) is 0 Å². The lowest BCUT2D eigenvalue weighted by Crippen LogP contribution is -2.16. The van der Waals surface area contributed by atoms with E-state index in [2.05, 4.69) is 31.5 Å². The summed E-state index contributed by atoms with van der Waals surface area (Å²) in [5, 5.41) is 11.7. The van der Waals surface area contributed by atoms with Gasteiger partial charge in [0.15, 0.2) is 5.82 Å². The van der Waals surface area contributed by atoms with E-state index in [0.29, 0.717) is 18.1 Å². The van der Waals surface area contributed by atoms with Crippen LogP contribution in [0.25, 0.3) is 11.4 Å². The molecule has 2 rings (SSSR count). The van der Waals surface area contributed by atoms with Crippen LogP contribution in [-0.4, -0.2) is 33.4 Å². The van der Waals surface area contributed by atoms with E-state index in [1.54, 1.807) is 11.8 Å². The summed E-state index contributed by atoms with van der Waals surface area (Å²) in [6.07, 6.45) is 0.0343. The molecule has 2 aromatic rings. The molecule has 0 saturated carbocycles. The molecular formula is C11H14BrN5O. The molecule has 0 amide bonds. The first kappa shape index (κ1) is 13.0. The van der Waals surface area contributed by atoms with E-state index < -0.39 is 0 Å². The minimum absolute atomic E-state index is 0.0343. The van der Waals surface area contributed by atoms with Gasteiger partial charge in [-0.3, -0.25) is 0 Å². The Morgan fingerprint density at radius 1 is 1.50 bits per heavy atom. The molecule has 1 aromatic carbocycles. The van der Waals surface area contributed by atoms with E-state index in [-0.39, 0.29) is 6.10 Å². The highest BCUT2D eigenvalue weighted by molar-refractivity contribution is 9.10. The van der Waals surface area contributed by atoms with Crippen molar-refractivity contribution in [2.24, 2.45) is 0 Å². The zero-order valence-corrected chi connectivity index (χ0v) is 11.8. The van der Waals surface area contributed by atoms with Gasteiger partial charge in [-0.1, -0.05) is 15.9 Å². The molecule has 0 aliphatic carbocycles. The Balaban J connectivity index is 2.39. The van der Waals surface area contributed by atoms with Gasteiger partial charge >= 0.3 is 0 Å². The monoisotopic (exact) mass is 311 g/mol. The molecule has 1 heterocycles. The van der Waals surface area contributed by atoms with Crippen molar-refractivity contribution in [1.29, 1.82) is 0 Å². The second-order valence-electron chi connectivity index (χ2n) is 3.97. The highest BCUT2D eigenvalue weighted by Crippen LogP contribution is 2.28. The Morgan fingerprint density at radius 2 is 2.28 bits per heavy atom. The van der Waals surface area contributed by atoms with Crippen LogP contribution in [-0.2, 0) is 11.3 Å². The van der Waals surface area contributed by atoms with Crippen molar-refractivity contribution >= 4 is 21.6 Å². The topological polar surface area (TPSA) is 78.8 Å². The first-order valence-electron chi connectivity index (χ1n) is 5.46. The minimum Gasteiger partial charge on any atom is -0.399 e. The molecule has 7 heteroatoms. The van der Waals surface area contributed by atoms with Crippen LogP contribution in [0.2, 0.25) is 0 Å². The van der Waals surface area contributed by atoms with Crippen molar-refractivity contribution in [1.82, 2.24) is 20.2 Å².